The second-order valence-electron chi connectivity index (χ2n) is 9.28. The van der Waals surface area contributed by atoms with Gasteiger partial charge in [0.25, 0.3) is 0 Å². The normalized spacial score (nSPS) is 26.2. The van der Waals surface area contributed by atoms with Crippen LogP contribution in [-0.4, -0.2) is 41.0 Å². The summed E-state index contributed by atoms with van der Waals surface area (Å²) in [4.78, 5) is 30.6. The van der Waals surface area contributed by atoms with Crippen LogP contribution in [-0.2, 0) is 22.5 Å². The van der Waals surface area contributed by atoms with Crippen LogP contribution in [0.2, 0.25) is 0 Å². The molecule has 6 rings (SSSR count). The first kappa shape index (κ1) is 20.2. The van der Waals surface area contributed by atoms with Crippen molar-refractivity contribution in [3.8, 4) is 0 Å². The Balaban J connectivity index is 1.31. The fourth-order valence-corrected chi connectivity index (χ4v) is 5.80. The van der Waals surface area contributed by atoms with Gasteiger partial charge in [0.1, 0.15) is 12.1 Å². The Kier molecular flexibility index (Phi) is 4.99. The lowest BCUT2D eigenvalue weighted by Crippen LogP contribution is -2.41. The van der Waals surface area contributed by atoms with Crippen molar-refractivity contribution in [1.82, 2.24) is 9.80 Å². The molecule has 2 saturated heterocycles. The highest BCUT2D eigenvalue weighted by atomic mass is 16.6. The molecule has 0 N–H and O–H groups in total. The predicted molar refractivity (Wildman–Crippen MR) is 124 cm³/mol. The zero-order valence-electron chi connectivity index (χ0n) is 18.3. The standard InChI is InChI=1S/C28H26N2O3/c31-27(30-26-22-14-8-7-13-21(22)15-25(26)33-28(30)32)24-18-29(16-19-9-3-1-4-10-19)17-23(24)20-11-5-2-6-12-20/h1-14,23-26H,15-18H2/t23-,24+,25-,26+/m0/s1. The second kappa shape index (κ2) is 8.16. The number of ether oxygens (including phenoxy) is 1. The maximum atomic E-state index is 14.0. The van der Waals surface area contributed by atoms with Crippen molar-refractivity contribution < 1.29 is 14.3 Å². The molecule has 1 aliphatic carbocycles. The highest BCUT2D eigenvalue weighted by Crippen LogP contribution is 2.45. The third kappa shape index (κ3) is 3.53. The molecule has 3 aromatic carbocycles. The van der Waals surface area contributed by atoms with Gasteiger partial charge < -0.3 is 4.74 Å². The summed E-state index contributed by atoms with van der Waals surface area (Å²) in [6.45, 7) is 2.19. The Bertz CT molecular complexity index is 1180. The van der Waals surface area contributed by atoms with E-state index in [4.69, 9.17) is 4.74 Å². The van der Waals surface area contributed by atoms with Gasteiger partial charge in [-0.05, 0) is 22.3 Å². The first-order valence-electron chi connectivity index (χ1n) is 11.6. The number of rotatable bonds is 4. The number of hydrogen-bond acceptors (Lipinski definition) is 4. The Morgan fingerprint density at radius 1 is 0.879 bits per heavy atom. The van der Waals surface area contributed by atoms with Crippen LogP contribution in [0.15, 0.2) is 84.9 Å². The molecule has 2 aliphatic heterocycles. The monoisotopic (exact) mass is 438 g/mol. The van der Waals surface area contributed by atoms with E-state index in [1.54, 1.807) is 0 Å². The molecule has 3 aromatic rings. The Morgan fingerprint density at radius 3 is 2.36 bits per heavy atom. The van der Waals surface area contributed by atoms with Gasteiger partial charge in [0, 0.05) is 32.0 Å². The minimum atomic E-state index is -0.502. The molecule has 0 saturated carbocycles. The maximum absolute atomic E-state index is 14.0. The third-order valence-electron chi connectivity index (χ3n) is 7.30. The van der Waals surface area contributed by atoms with Gasteiger partial charge in [-0.3, -0.25) is 9.69 Å². The van der Waals surface area contributed by atoms with Crippen LogP contribution in [0.25, 0.3) is 0 Å². The Hall–Kier alpha value is -3.44. The summed E-state index contributed by atoms with van der Waals surface area (Å²) in [5, 5.41) is 0. The molecular formula is C28H26N2O3. The lowest BCUT2D eigenvalue weighted by atomic mass is 9.87. The van der Waals surface area contributed by atoms with Crippen molar-refractivity contribution in [3.05, 3.63) is 107 Å². The molecule has 5 nitrogen and oxygen atoms in total. The number of fused-ring (bicyclic) bond motifs is 3. The van der Waals surface area contributed by atoms with Crippen molar-refractivity contribution in [2.75, 3.05) is 13.1 Å². The molecule has 166 valence electrons. The topological polar surface area (TPSA) is 49.9 Å². The summed E-state index contributed by atoms with van der Waals surface area (Å²) in [5.74, 6) is -0.380. The van der Waals surface area contributed by atoms with E-state index in [9.17, 15) is 9.59 Å². The smallest absolute Gasteiger partial charge is 0.417 e. The first-order chi connectivity index (χ1) is 16.2. The van der Waals surface area contributed by atoms with Gasteiger partial charge in [0.15, 0.2) is 0 Å². The van der Waals surface area contributed by atoms with Gasteiger partial charge in [-0.1, -0.05) is 84.9 Å². The van der Waals surface area contributed by atoms with E-state index in [2.05, 4.69) is 35.2 Å². The molecule has 2 fully saturated rings. The SMILES string of the molecule is O=C1O[C@H]2Cc3ccccc3[C@H]2N1C(=O)[C@@H]1CN(Cc2ccccc2)C[C@H]1c1ccccc1. The number of amides is 2. The van der Waals surface area contributed by atoms with Gasteiger partial charge in [-0.25, -0.2) is 9.69 Å². The second-order valence-corrected chi connectivity index (χ2v) is 9.28. The quantitative estimate of drug-likeness (QED) is 0.600. The summed E-state index contributed by atoms with van der Waals surface area (Å²) in [5.41, 5.74) is 4.57. The zero-order valence-corrected chi connectivity index (χ0v) is 18.3. The molecule has 2 amide bonds. The molecule has 3 aliphatic rings. The Labute approximate surface area is 193 Å². The molecular weight excluding hydrogens is 412 g/mol. The van der Waals surface area contributed by atoms with Crippen LogP contribution in [0.4, 0.5) is 4.79 Å². The van der Waals surface area contributed by atoms with E-state index in [-0.39, 0.29) is 29.9 Å². The number of carbonyl (C=O) groups excluding carboxylic acids is 2. The molecule has 33 heavy (non-hydrogen) atoms. The van der Waals surface area contributed by atoms with E-state index in [1.807, 2.05) is 54.6 Å². The number of carbonyl (C=O) groups is 2. The minimum Gasteiger partial charge on any atom is -0.443 e. The van der Waals surface area contributed by atoms with Crippen LogP contribution < -0.4 is 0 Å². The molecule has 2 heterocycles. The average Bonchev–Trinajstić information content (AvgIpc) is 3.51. The molecule has 0 unspecified atom stereocenters. The minimum absolute atomic E-state index is 0.0332. The number of imide groups is 1. The molecule has 0 radical (unpaired) electrons. The molecule has 4 atom stereocenters. The number of benzene rings is 3. The third-order valence-corrected chi connectivity index (χ3v) is 7.30. The number of likely N-dealkylation sites (tertiary alicyclic amines) is 1. The molecule has 0 bridgehead atoms. The van der Waals surface area contributed by atoms with Gasteiger partial charge in [-0.15, -0.1) is 0 Å². The Morgan fingerprint density at radius 2 is 1.58 bits per heavy atom. The van der Waals surface area contributed by atoms with E-state index >= 15 is 0 Å². The predicted octanol–water partition coefficient (Wildman–Crippen LogP) is 4.55. The highest BCUT2D eigenvalue weighted by molar-refractivity contribution is 5.96. The first-order valence-corrected chi connectivity index (χ1v) is 11.6. The molecule has 0 spiro atoms. The van der Waals surface area contributed by atoms with Crippen molar-refractivity contribution in [1.29, 1.82) is 0 Å². The average molecular weight is 439 g/mol. The van der Waals surface area contributed by atoms with E-state index in [0.717, 1.165) is 29.8 Å². The largest absolute Gasteiger partial charge is 0.443 e. The summed E-state index contributed by atoms with van der Waals surface area (Å²) in [6.07, 6.45) is -0.114. The van der Waals surface area contributed by atoms with Gasteiger partial charge >= 0.3 is 6.09 Å². The van der Waals surface area contributed by atoms with E-state index in [1.165, 1.54) is 10.5 Å². The van der Waals surface area contributed by atoms with Crippen molar-refractivity contribution in [3.63, 3.8) is 0 Å². The summed E-state index contributed by atoms with van der Waals surface area (Å²) >= 11 is 0. The van der Waals surface area contributed by atoms with Crippen molar-refractivity contribution in [2.45, 2.75) is 31.0 Å². The fraction of sp³-hybridized carbons (Fsp3) is 0.286. The summed E-state index contributed by atoms with van der Waals surface area (Å²) < 4.78 is 5.68. The molecule has 0 aromatic heterocycles. The lowest BCUT2D eigenvalue weighted by molar-refractivity contribution is -0.133. The van der Waals surface area contributed by atoms with E-state index < -0.39 is 6.09 Å². The lowest BCUT2D eigenvalue weighted by Gasteiger charge is -2.26. The zero-order chi connectivity index (χ0) is 22.4. The van der Waals surface area contributed by atoms with E-state index in [0.29, 0.717) is 13.0 Å². The van der Waals surface area contributed by atoms with Crippen LogP contribution in [0.5, 0.6) is 0 Å². The summed E-state index contributed by atoms with van der Waals surface area (Å²) in [7, 11) is 0. The van der Waals surface area contributed by atoms with Gasteiger partial charge in [0.2, 0.25) is 5.91 Å². The van der Waals surface area contributed by atoms with Crippen LogP contribution in [0, 0.1) is 5.92 Å². The fourth-order valence-electron chi connectivity index (χ4n) is 5.80. The van der Waals surface area contributed by atoms with Gasteiger partial charge in [-0.2, -0.15) is 0 Å². The maximum Gasteiger partial charge on any atom is 0.417 e. The van der Waals surface area contributed by atoms with Crippen molar-refractivity contribution in [2.24, 2.45) is 5.92 Å². The van der Waals surface area contributed by atoms with Crippen molar-refractivity contribution >= 4 is 12.0 Å². The van der Waals surface area contributed by atoms with Gasteiger partial charge in [0.05, 0.1) is 5.92 Å². The van der Waals surface area contributed by atoms with Crippen LogP contribution in [0.3, 0.4) is 0 Å². The summed E-state index contributed by atoms with van der Waals surface area (Å²) in [6, 6.07) is 28.3. The highest BCUT2D eigenvalue weighted by Gasteiger charge is 2.53. The van der Waals surface area contributed by atoms with Crippen LogP contribution in [0.1, 0.15) is 34.2 Å². The van der Waals surface area contributed by atoms with Crippen LogP contribution >= 0.6 is 0 Å². The molecule has 5 heteroatoms. The number of nitrogens with zero attached hydrogens (tertiary/aromatic N) is 2. The number of hydrogen-bond donors (Lipinski definition) is 0.